The van der Waals surface area contributed by atoms with Gasteiger partial charge in [0.15, 0.2) is 5.96 Å². The molecule has 0 saturated carbocycles. The third-order valence-corrected chi connectivity index (χ3v) is 2.90. The first-order valence-electron chi connectivity index (χ1n) is 6.73. The standard InChI is InChI=1S/C13H30N4.HI/c1-7-17(8-2)12(5)10-16-13(14-6)15-9-11(3)4;/h11-12H,7-10H2,1-6H3,(H2,14,15,16);1H. The molecule has 0 aliphatic rings. The molecular formula is C13H31IN4. The lowest BCUT2D eigenvalue weighted by Crippen LogP contribution is -2.46. The molecule has 0 radical (unpaired) electrons. The van der Waals surface area contributed by atoms with Gasteiger partial charge in [0.1, 0.15) is 0 Å². The van der Waals surface area contributed by atoms with Gasteiger partial charge in [-0.2, -0.15) is 0 Å². The van der Waals surface area contributed by atoms with Crippen molar-refractivity contribution >= 4 is 29.9 Å². The van der Waals surface area contributed by atoms with E-state index < -0.39 is 0 Å². The van der Waals surface area contributed by atoms with Gasteiger partial charge in [0.05, 0.1) is 0 Å². The molecule has 0 saturated heterocycles. The highest BCUT2D eigenvalue weighted by atomic mass is 127. The van der Waals surface area contributed by atoms with Crippen LogP contribution in [-0.2, 0) is 0 Å². The maximum absolute atomic E-state index is 4.22. The fourth-order valence-corrected chi connectivity index (χ4v) is 1.74. The molecule has 0 aromatic carbocycles. The van der Waals surface area contributed by atoms with Crippen molar-refractivity contribution in [2.24, 2.45) is 10.9 Å². The van der Waals surface area contributed by atoms with Crippen molar-refractivity contribution in [3.63, 3.8) is 0 Å². The van der Waals surface area contributed by atoms with Crippen molar-refractivity contribution in [1.29, 1.82) is 0 Å². The van der Waals surface area contributed by atoms with Gasteiger partial charge in [-0.1, -0.05) is 27.7 Å². The second-order valence-corrected chi connectivity index (χ2v) is 4.80. The molecule has 110 valence electrons. The fourth-order valence-electron chi connectivity index (χ4n) is 1.74. The number of hydrogen-bond donors (Lipinski definition) is 2. The molecule has 5 heteroatoms. The van der Waals surface area contributed by atoms with Crippen molar-refractivity contribution in [3.8, 4) is 0 Å². The van der Waals surface area contributed by atoms with Gasteiger partial charge in [-0.15, -0.1) is 24.0 Å². The van der Waals surface area contributed by atoms with E-state index in [0.717, 1.165) is 32.1 Å². The van der Waals surface area contributed by atoms with Gasteiger partial charge in [-0.25, -0.2) is 0 Å². The lowest BCUT2D eigenvalue weighted by atomic mass is 10.2. The molecule has 0 bridgehead atoms. The van der Waals surface area contributed by atoms with E-state index in [1.807, 2.05) is 7.05 Å². The maximum atomic E-state index is 4.22. The zero-order chi connectivity index (χ0) is 13.3. The average molecular weight is 370 g/mol. The second-order valence-electron chi connectivity index (χ2n) is 4.80. The predicted octanol–water partition coefficient (Wildman–Crippen LogP) is 2.16. The number of hydrogen-bond acceptors (Lipinski definition) is 2. The Labute approximate surface area is 130 Å². The molecule has 2 N–H and O–H groups in total. The number of guanidine groups is 1. The van der Waals surface area contributed by atoms with E-state index >= 15 is 0 Å². The largest absolute Gasteiger partial charge is 0.356 e. The number of likely N-dealkylation sites (N-methyl/N-ethyl adjacent to an activating group) is 1. The quantitative estimate of drug-likeness (QED) is 0.410. The summed E-state index contributed by atoms with van der Waals surface area (Å²) >= 11 is 0. The Morgan fingerprint density at radius 2 is 1.56 bits per heavy atom. The van der Waals surface area contributed by atoms with E-state index in [9.17, 15) is 0 Å². The molecule has 0 heterocycles. The summed E-state index contributed by atoms with van der Waals surface area (Å²) in [6.07, 6.45) is 0. The van der Waals surface area contributed by atoms with Gasteiger partial charge in [0.25, 0.3) is 0 Å². The van der Waals surface area contributed by atoms with Crippen molar-refractivity contribution < 1.29 is 0 Å². The van der Waals surface area contributed by atoms with Crippen molar-refractivity contribution in [2.75, 3.05) is 33.2 Å². The number of nitrogens with zero attached hydrogens (tertiary/aromatic N) is 2. The highest BCUT2D eigenvalue weighted by molar-refractivity contribution is 14.0. The lowest BCUT2D eigenvalue weighted by Gasteiger charge is -2.27. The minimum absolute atomic E-state index is 0. The zero-order valence-electron chi connectivity index (χ0n) is 12.8. The molecule has 1 unspecified atom stereocenters. The molecule has 1 atom stereocenters. The fraction of sp³-hybridized carbons (Fsp3) is 0.923. The Kier molecular flexibility index (Phi) is 13.5. The minimum Gasteiger partial charge on any atom is -0.356 e. The third-order valence-electron chi connectivity index (χ3n) is 2.90. The molecule has 0 amide bonds. The van der Waals surface area contributed by atoms with Gasteiger partial charge in [0.2, 0.25) is 0 Å². The van der Waals surface area contributed by atoms with Crippen LogP contribution in [0.25, 0.3) is 0 Å². The number of nitrogens with one attached hydrogen (secondary N) is 2. The Balaban J connectivity index is 0. The van der Waals surface area contributed by atoms with Gasteiger partial charge in [0, 0.05) is 26.2 Å². The summed E-state index contributed by atoms with van der Waals surface area (Å²) in [5, 5.41) is 6.69. The zero-order valence-corrected chi connectivity index (χ0v) is 15.1. The summed E-state index contributed by atoms with van der Waals surface area (Å²) in [4.78, 5) is 6.65. The molecule has 4 nitrogen and oxygen atoms in total. The topological polar surface area (TPSA) is 39.7 Å². The average Bonchev–Trinajstić information content (AvgIpc) is 2.30. The van der Waals surface area contributed by atoms with Crippen LogP contribution in [0.15, 0.2) is 4.99 Å². The monoisotopic (exact) mass is 370 g/mol. The first kappa shape index (κ1) is 20.3. The second kappa shape index (κ2) is 12.0. The molecule has 0 aromatic rings. The highest BCUT2D eigenvalue weighted by Crippen LogP contribution is 1.96. The van der Waals surface area contributed by atoms with Crippen LogP contribution in [0, 0.1) is 5.92 Å². The Bertz CT molecular complexity index is 215. The van der Waals surface area contributed by atoms with Gasteiger partial charge < -0.3 is 10.6 Å². The van der Waals surface area contributed by atoms with Crippen molar-refractivity contribution in [3.05, 3.63) is 0 Å². The van der Waals surface area contributed by atoms with Gasteiger partial charge in [-0.3, -0.25) is 9.89 Å². The van der Waals surface area contributed by atoms with Crippen LogP contribution in [0.2, 0.25) is 0 Å². The van der Waals surface area contributed by atoms with Crippen LogP contribution in [0.1, 0.15) is 34.6 Å². The van der Waals surface area contributed by atoms with Crippen LogP contribution < -0.4 is 10.6 Å². The summed E-state index contributed by atoms with van der Waals surface area (Å²) in [6.45, 7) is 15.1. The summed E-state index contributed by atoms with van der Waals surface area (Å²) < 4.78 is 0. The summed E-state index contributed by atoms with van der Waals surface area (Å²) in [6, 6.07) is 0.530. The van der Waals surface area contributed by atoms with Crippen LogP contribution in [-0.4, -0.2) is 50.1 Å². The Morgan fingerprint density at radius 1 is 1.06 bits per heavy atom. The first-order chi connectivity index (χ1) is 8.04. The smallest absolute Gasteiger partial charge is 0.191 e. The number of aliphatic imine (C=N–C) groups is 1. The lowest BCUT2D eigenvalue weighted by molar-refractivity contribution is 0.231. The number of halogens is 1. The first-order valence-corrected chi connectivity index (χ1v) is 6.73. The Morgan fingerprint density at radius 3 is 1.94 bits per heavy atom. The summed E-state index contributed by atoms with van der Waals surface area (Å²) in [5.74, 6) is 1.53. The molecular weight excluding hydrogens is 339 g/mol. The van der Waals surface area contributed by atoms with E-state index in [2.05, 4.69) is 55.1 Å². The molecule has 0 aromatic heterocycles. The van der Waals surface area contributed by atoms with Crippen LogP contribution >= 0.6 is 24.0 Å². The normalized spacial score (nSPS) is 13.4. The molecule has 0 aliphatic carbocycles. The SMILES string of the molecule is CCN(CC)C(C)CNC(=NC)NCC(C)C.I. The van der Waals surface area contributed by atoms with E-state index in [1.54, 1.807) is 0 Å². The highest BCUT2D eigenvalue weighted by Gasteiger charge is 2.10. The Hall–Kier alpha value is -0.0400. The molecule has 0 rings (SSSR count). The minimum atomic E-state index is 0. The molecule has 0 aliphatic heterocycles. The summed E-state index contributed by atoms with van der Waals surface area (Å²) in [5.41, 5.74) is 0. The van der Waals surface area contributed by atoms with Crippen LogP contribution in [0.3, 0.4) is 0 Å². The molecule has 0 spiro atoms. The van der Waals surface area contributed by atoms with Crippen molar-refractivity contribution in [1.82, 2.24) is 15.5 Å². The van der Waals surface area contributed by atoms with E-state index in [-0.39, 0.29) is 24.0 Å². The van der Waals surface area contributed by atoms with E-state index in [4.69, 9.17) is 0 Å². The van der Waals surface area contributed by atoms with Crippen LogP contribution in [0.5, 0.6) is 0 Å². The van der Waals surface area contributed by atoms with Gasteiger partial charge in [-0.05, 0) is 25.9 Å². The molecule has 0 fully saturated rings. The summed E-state index contributed by atoms with van der Waals surface area (Å²) in [7, 11) is 1.82. The van der Waals surface area contributed by atoms with Gasteiger partial charge >= 0.3 is 0 Å². The maximum Gasteiger partial charge on any atom is 0.191 e. The molecule has 18 heavy (non-hydrogen) atoms. The predicted molar refractivity (Wildman–Crippen MR) is 92.0 cm³/mol. The number of rotatable bonds is 7. The van der Waals surface area contributed by atoms with Crippen LogP contribution in [0.4, 0.5) is 0 Å². The van der Waals surface area contributed by atoms with E-state index in [0.29, 0.717) is 12.0 Å². The van der Waals surface area contributed by atoms with Crippen molar-refractivity contribution in [2.45, 2.75) is 40.7 Å². The third kappa shape index (κ3) is 8.97. The van der Waals surface area contributed by atoms with E-state index in [1.165, 1.54) is 0 Å².